The fourth-order valence-electron chi connectivity index (χ4n) is 1.74. The highest BCUT2D eigenvalue weighted by atomic mass is 19.4. The maximum Gasteiger partial charge on any atom is 0.416 e. The van der Waals surface area contributed by atoms with E-state index in [-0.39, 0.29) is 0 Å². The number of hydrogen-bond donors (Lipinski definition) is 1. The van der Waals surface area contributed by atoms with Gasteiger partial charge in [-0.2, -0.15) is 13.2 Å². The van der Waals surface area contributed by atoms with Crippen molar-refractivity contribution < 1.29 is 13.2 Å². The van der Waals surface area contributed by atoms with E-state index in [9.17, 15) is 13.2 Å². The smallest absolute Gasteiger partial charge is 0.383 e. The predicted octanol–water partition coefficient (Wildman–Crippen LogP) is 3.32. The van der Waals surface area contributed by atoms with E-state index in [1.165, 1.54) is 12.1 Å². The lowest BCUT2D eigenvalue weighted by Crippen LogP contribution is -2.11. The standard InChI is InChI=1S/C13H14F3N3/c1-10-17-6-8-19(10)9-7-18-12-4-2-11(3-5-12)13(14,15)16/h2-6,8,18H,7,9H2,1H3. The minimum atomic E-state index is -4.29. The molecule has 1 heterocycles. The zero-order valence-electron chi connectivity index (χ0n) is 10.4. The van der Waals surface area contributed by atoms with Crippen LogP contribution in [0.1, 0.15) is 11.4 Å². The van der Waals surface area contributed by atoms with Gasteiger partial charge in [-0.25, -0.2) is 4.98 Å². The average molecular weight is 269 g/mol. The molecular weight excluding hydrogens is 255 g/mol. The minimum absolute atomic E-state index is 0.628. The van der Waals surface area contributed by atoms with Crippen LogP contribution in [-0.2, 0) is 12.7 Å². The molecule has 0 atom stereocenters. The summed E-state index contributed by atoms with van der Waals surface area (Å²) in [5, 5.41) is 3.07. The molecule has 0 bridgehead atoms. The molecule has 1 aromatic heterocycles. The molecule has 3 nitrogen and oxygen atoms in total. The van der Waals surface area contributed by atoms with Gasteiger partial charge in [0.1, 0.15) is 5.82 Å². The Hall–Kier alpha value is -1.98. The van der Waals surface area contributed by atoms with E-state index in [1.807, 2.05) is 17.7 Å². The Labute approximate surface area is 109 Å². The molecule has 0 fully saturated rings. The molecule has 0 spiro atoms. The first kappa shape index (κ1) is 13.5. The Morgan fingerprint density at radius 2 is 1.89 bits per heavy atom. The van der Waals surface area contributed by atoms with Gasteiger partial charge < -0.3 is 9.88 Å². The summed E-state index contributed by atoms with van der Waals surface area (Å²) in [4.78, 5) is 4.09. The first-order chi connectivity index (χ1) is 8.97. The van der Waals surface area contributed by atoms with Crippen LogP contribution in [-0.4, -0.2) is 16.1 Å². The number of benzene rings is 1. The highest BCUT2D eigenvalue weighted by Gasteiger charge is 2.29. The van der Waals surface area contributed by atoms with Crippen molar-refractivity contribution in [1.82, 2.24) is 9.55 Å². The lowest BCUT2D eigenvalue weighted by atomic mass is 10.2. The number of halogens is 3. The summed E-state index contributed by atoms with van der Waals surface area (Å²) in [5.41, 5.74) is 0.0364. The number of anilines is 1. The normalized spacial score (nSPS) is 11.6. The summed E-state index contributed by atoms with van der Waals surface area (Å²) in [5.74, 6) is 0.911. The van der Waals surface area contributed by atoms with Crippen molar-refractivity contribution in [3.05, 3.63) is 48.0 Å². The molecule has 6 heteroatoms. The summed E-state index contributed by atoms with van der Waals surface area (Å²) in [6, 6.07) is 5.02. The molecule has 0 aliphatic carbocycles. The monoisotopic (exact) mass is 269 g/mol. The van der Waals surface area contributed by atoms with Gasteiger partial charge in [0.25, 0.3) is 0 Å². The van der Waals surface area contributed by atoms with Crippen LogP contribution in [0.2, 0.25) is 0 Å². The first-order valence-corrected chi connectivity index (χ1v) is 5.86. The molecule has 2 rings (SSSR count). The Kier molecular flexibility index (Phi) is 3.78. The van der Waals surface area contributed by atoms with Gasteiger partial charge in [0, 0.05) is 31.2 Å². The highest BCUT2D eigenvalue weighted by molar-refractivity contribution is 5.45. The van der Waals surface area contributed by atoms with Crippen LogP contribution in [0.3, 0.4) is 0 Å². The molecular formula is C13H14F3N3. The van der Waals surface area contributed by atoms with Crippen LogP contribution in [0.5, 0.6) is 0 Å². The maximum absolute atomic E-state index is 12.4. The van der Waals surface area contributed by atoms with E-state index < -0.39 is 11.7 Å². The van der Waals surface area contributed by atoms with Gasteiger partial charge in [-0.3, -0.25) is 0 Å². The van der Waals surface area contributed by atoms with Gasteiger partial charge in [-0.1, -0.05) is 0 Å². The fourth-order valence-corrected chi connectivity index (χ4v) is 1.74. The zero-order chi connectivity index (χ0) is 13.9. The summed E-state index contributed by atoms with van der Waals surface area (Å²) in [6.45, 7) is 3.24. The molecule has 19 heavy (non-hydrogen) atoms. The van der Waals surface area contributed by atoms with Crippen molar-refractivity contribution in [2.75, 3.05) is 11.9 Å². The summed E-state index contributed by atoms with van der Waals surface area (Å²) in [7, 11) is 0. The van der Waals surface area contributed by atoms with Crippen LogP contribution < -0.4 is 5.32 Å². The van der Waals surface area contributed by atoms with Crippen molar-refractivity contribution in [3.8, 4) is 0 Å². The van der Waals surface area contributed by atoms with Gasteiger partial charge >= 0.3 is 6.18 Å². The third-order valence-corrected chi connectivity index (χ3v) is 2.82. The predicted molar refractivity (Wildman–Crippen MR) is 66.9 cm³/mol. The molecule has 0 saturated carbocycles. The number of nitrogens with zero attached hydrogens (tertiary/aromatic N) is 2. The molecule has 0 amide bonds. The summed E-state index contributed by atoms with van der Waals surface area (Å²) < 4.78 is 39.1. The quantitative estimate of drug-likeness (QED) is 0.922. The van der Waals surface area contributed by atoms with Gasteiger partial charge in [-0.05, 0) is 31.2 Å². The van der Waals surface area contributed by atoms with Crippen molar-refractivity contribution in [2.24, 2.45) is 0 Å². The molecule has 2 aromatic rings. The van der Waals surface area contributed by atoms with Crippen LogP contribution in [0.4, 0.5) is 18.9 Å². The molecule has 0 aliphatic heterocycles. The highest BCUT2D eigenvalue weighted by Crippen LogP contribution is 2.29. The molecule has 0 aliphatic rings. The second-order valence-electron chi connectivity index (χ2n) is 4.17. The average Bonchev–Trinajstić information content (AvgIpc) is 2.75. The van der Waals surface area contributed by atoms with Crippen molar-refractivity contribution in [2.45, 2.75) is 19.6 Å². The van der Waals surface area contributed by atoms with Crippen LogP contribution in [0.15, 0.2) is 36.7 Å². The molecule has 1 aromatic carbocycles. The Morgan fingerprint density at radius 3 is 2.42 bits per heavy atom. The van der Waals surface area contributed by atoms with Crippen molar-refractivity contribution in [3.63, 3.8) is 0 Å². The SMILES string of the molecule is Cc1nccn1CCNc1ccc(C(F)(F)F)cc1. The number of nitrogens with one attached hydrogen (secondary N) is 1. The minimum Gasteiger partial charge on any atom is -0.383 e. The zero-order valence-corrected chi connectivity index (χ0v) is 10.4. The number of hydrogen-bond acceptors (Lipinski definition) is 2. The van der Waals surface area contributed by atoms with E-state index in [4.69, 9.17) is 0 Å². The van der Waals surface area contributed by atoms with Gasteiger partial charge in [0.15, 0.2) is 0 Å². The molecule has 0 saturated heterocycles. The lowest BCUT2D eigenvalue weighted by molar-refractivity contribution is -0.137. The van der Waals surface area contributed by atoms with E-state index in [0.717, 1.165) is 18.0 Å². The summed E-state index contributed by atoms with van der Waals surface area (Å²) >= 11 is 0. The van der Waals surface area contributed by atoms with Crippen LogP contribution in [0, 0.1) is 6.92 Å². The molecule has 0 unspecified atom stereocenters. The van der Waals surface area contributed by atoms with E-state index >= 15 is 0 Å². The first-order valence-electron chi connectivity index (χ1n) is 5.86. The number of rotatable bonds is 4. The molecule has 0 radical (unpaired) electrons. The molecule has 1 N–H and O–H groups in total. The molecule has 102 valence electrons. The Bertz CT molecular complexity index is 529. The van der Waals surface area contributed by atoms with E-state index in [2.05, 4.69) is 10.3 Å². The fraction of sp³-hybridized carbons (Fsp3) is 0.308. The Morgan fingerprint density at radius 1 is 1.21 bits per heavy atom. The maximum atomic E-state index is 12.4. The van der Waals surface area contributed by atoms with Gasteiger partial charge in [-0.15, -0.1) is 0 Å². The van der Waals surface area contributed by atoms with E-state index in [1.54, 1.807) is 6.20 Å². The number of aryl methyl sites for hydroxylation is 1. The third-order valence-electron chi connectivity index (χ3n) is 2.82. The second kappa shape index (κ2) is 5.34. The Balaban J connectivity index is 1.89. The van der Waals surface area contributed by atoms with Crippen molar-refractivity contribution >= 4 is 5.69 Å². The second-order valence-corrected chi connectivity index (χ2v) is 4.17. The largest absolute Gasteiger partial charge is 0.416 e. The topological polar surface area (TPSA) is 29.9 Å². The lowest BCUT2D eigenvalue weighted by Gasteiger charge is -2.10. The van der Waals surface area contributed by atoms with Crippen LogP contribution >= 0.6 is 0 Å². The van der Waals surface area contributed by atoms with Gasteiger partial charge in [0.05, 0.1) is 5.56 Å². The van der Waals surface area contributed by atoms with Crippen LogP contribution in [0.25, 0.3) is 0 Å². The number of alkyl halides is 3. The number of aromatic nitrogens is 2. The van der Waals surface area contributed by atoms with Gasteiger partial charge in [0.2, 0.25) is 0 Å². The van der Waals surface area contributed by atoms with E-state index in [0.29, 0.717) is 18.8 Å². The summed E-state index contributed by atoms with van der Waals surface area (Å²) in [6.07, 6.45) is -0.705. The number of imidazole rings is 1. The van der Waals surface area contributed by atoms with Crippen molar-refractivity contribution in [1.29, 1.82) is 0 Å². The third kappa shape index (κ3) is 3.49.